The number of carbonyl (C=O) groups excluding carboxylic acids is 10. The molecule has 53 heavy (non-hydrogen) atoms. The van der Waals surface area contributed by atoms with E-state index >= 15 is 0 Å². The summed E-state index contributed by atoms with van der Waals surface area (Å²) in [5, 5.41) is 9.52. The molecule has 2 unspecified atom stereocenters. The number of benzene rings is 2. The second-order valence-electron chi connectivity index (χ2n) is 12.3. The zero-order chi connectivity index (χ0) is 37.8. The van der Waals surface area contributed by atoms with Crippen molar-refractivity contribution in [3.05, 3.63) is 81.9 Å². The third-order valence-electron chi connectivity index (χ3n) is 8.92. The predicted octanol–water partition coefficient (Wildman–Crippen LogP) is -0.535. The number of nitrogens with zero attached hydrogens (tertiary/aromatic N) is 2. The second kappa shape index (κ2) is 15.3. The number of piperidine rings is 2. The average Bonchev–Trinajstić information content (AvgIpc) is 3.54. The van der Waals surface area contributed by atoms with Crippen LogP contribution in [0, 0.1) is 0 Å². The standard InChI is InChI=1S/C36H32N6O11/c43-25(11-7-19-3-1-5-21-29(19)35(51)41(33(21)49)23-9-13-27(45)39-31(23)47)37-15-17-53-18-16-38-26(44)12-8-20-4-2-6-22-30(20)36(52)42(34(22)50)24-10-14-28(46)40-32(24)48/h1-8,11-12,23-24H,9-10,13-18H2,(H,37,43)(H,38,44)(H,39,45,47)(H,40,46,48)/b11-7+,12-8+. The van der Waals surface area contributed by atoms with Crippen molar-refractivity contribution < 1.29 is 52.7 Å². The van der Waals surface area contributed by atoms with Gasteiger partial charge < -0.3 is 15.4 Å². The summed E-state index contributed by atoms with van der Waals surface area (Å²) in [6, 6.07) is 6.90. The zero-order valence-electron chi connectivity index (χ0n) is 28.0. The summed E-state index contributed by atoms with van der Waals surface area (Å²) in [6.45, 7) is 0.449. The van der Waals surface area contributed by atoms with Gasteiger partial charge in [-0.05, 0) is 48.3 Å². The fourth-order valence-corrected chi connectivity index (χ4v) is 6.40. The van der Waals surface area contributed by atoms with Crippen molar-refractivity contribution in [3.63, 3.8) is 0 Å². The first kappa shape index (κ1) is 36.2. The van der Waals surface area contributed by atoms with E-state index in [1.54, 1.807) is 24.3 Å². The van der Waals surface area contributed by atoms with Crippen molar-refractivity contribution >= 4 is 71.2 Å². The topological polar surface area (TPSA) is 235 Å². The van der Waals surface area contributed by atoms with Crippen molar-refractivity contribution in [2.75, 3.05) is 26.3 Å². The van der Waals surface area contributed by atoms with E-state index in [1.165, 1.54) is 36.4 Å². The minimum Gasteiger partial charge on any atom is -0.378 e. The van der Waals surface area contributed by atoms with Gasteiger partial charge in [-0.25, -0.2) is 0 Å². The van der Waals surface area contributed by atoms with E-state index in [1.807, 2.05) is 0 Å². The Morgan fingerprint density at radius 1 is 0.642 bits per heavy atom. The highest BCUT2D eigenvalue weighted by molar-refractivity contribution is 6.26. The molecule has 2 aromatic rings. The van der Waals surface area contributed by atoms with Crippen molar-refractivity contribution in [1.82, 2.24) is 31.1 Å². The van der Waals surface area contributed by atoms with Crippen LogP contribution in [0.2, 0.25) is 0 Å². The summed E-state index contributed by atoms with van der Waals surface area (Å²) in [5.41, 5.74) is 0.896. The molecular formula is C36H32N6O11. The van der Waals surface area contributed by atoms with Gasteiger partial charge in [0, 0.05) is 38.1 Å². The molecule has 10 amide bonds. The lowest BCUT2D eigenvalue weighted by Gasteiger charge is -2.27. The van der Waals surface area contributed by atoms with Gasteiger partial charge in [-0.15, -0.1) is 0 Å². The SMILES string of the molecule is O=C(/C=C/c1cccc2c1C(=O)N(C1CCC(=O)NC1=O)C2=O)NCCOCCNC(=O)/C=C/c1cccc2c1C(=O)N(C1CCC(=O)NC1=O)C2=O. The summed E-state index contributed by atoms with van der Waals surface area (Å²) < 4.78 is 5.44. The first-order valence-corrected chi connectivity index (χ1v) is 16.6. The highest BCUT2D eigenvalue weighted by Crippen LogP contribution is 2.32. The molecule has 17 nitrogen and oxygen atoms in total. The molecular weight excluding hydrogens is 692 g/mol. The fourth-order valence-electron chi connectivity index (χ4n) is 6.40. The second-order valence-corrected chi connectivity index (χ2v) is 12.3. The fraction of sp³-hybridized carbons (Fsp3) is 0.278. The molecule has 2 fully saturated rings. The van der Waals surface area contributed by atoms with Crippen LogP contribution in [0.15, 0.2) is 48.6 Å². The number of carbonyl (C=O) groups is 10. The number of imide groups is 4. The number of amides is 10. The van der Waals surface area contributed by atoms with Gasteiger partial charge in [-0.1, -0.05) is 24.3 Å². The molecule has 0 aliphatic carbocycles. The first-order chi connectivity index (χ1) is 25.5. The molecule has 4 aliphatic heterocycles. The molecule has 0 saturated carbocycles. The third-order valence-corrected chi connectivity index (χ3v) is 8.92. The van der Waals surface area contributed by atoms with Crippen LogP contribution in [0.3, 0.4) is 0 Å². The van der Waals surface area contributed by atoms with E-state index in [0.717, 1.165) is 9.80 Å². The van der Waals surface area contributed by atoms with Crippen LogP contribution in [-0.2, 0) is 33.5 Å². The normalized spacial score (nSPS) is 19.9. The highest BCUT2D eigenvalue weighted by atomic mass is 16.5. The highest BCUT2D eigenvalue weighted by Gasteiger charge is 2.46. The quantitative estimate of drug-likeness (QED) is 0.123. The minimum absolute atomic E-state index is 0.00519. The molecule has 0 radical (unpaired) electrons. The zero-order valence-corrected chi connectivity index (χ0v) is 28.0. The molecule has 272 valence electrons. The number of nitrogens with one attached hydrogen (secondary N) is 4. The van der Waals surface area contributed by atoms with Crippen molar-refractivity contribution in [1.29, 1.82) is 0 Å². The van der Waals surface area contributed by atoms with Gasteiger partial charge in [-0.3, -0.25) is 68.4 Å². The van der Waals surface area contributed by atoms with Crippen LogP contribution in [-0.4, -0.2) is 107 Å². The van der Waals surface area contributed by atoms with E-state index in [-0.39, 0.29) is 74.2 Å². The van der Waals surface area contributed by atoms with Crippen LogP contribution in [0.5, 0.6) is 0 Å². The van der Waals surface area contributed by atoms with Gasteiger partial charge in [0.2, 0.25) is 35.4 Å². The monoisotopic (exact) mass is 724 g/mol. The average molecular weight is 725 g/mol. The molecule has 2 atom stereocenters. The Morgan fingerprint density at radius 3 is 1.45 bits per heavy atom. The van der Waals surface area contributed by atoms with Crippen LogP contribution in [0.4, 0.5) is 0 Å². The lowest BCUT2D eigenvalue weighted by molar-refractivity contribution is -0.137. The van der Waals surface area contributed by atoms with E-state index in [0.29, 0.717) is 11.1 Å². The number of hydrogen-bond donors (Lipinski definition) is 4. The molecule has 6 rings (SSSR count). The molecule has 0 bridgehead atoms. The van der Waals surface area contributed by atoms with Gasteiger partial charge in [-0.2, -0.15) is 0 Å². The summed E-state index contributed by atoms with van der Waals surface area (Å²) in [4.78, 5) is 127. The predicted molar refractivity (Wildman–Crippen MR) is 181 cm³/mol. The van der Waals surface area contributed by atoms with Crippen molar-refractivity contribution in [2.45, 2.75) is 37.8 Å². The summed E-state index contributed by atoms with van der Waals surface area (Å²) in [6.07, 6.45) is 5.16. The molecule has 2 aromatic carbocycles. The molecule has 0 spiro atoms. The van der Waals surface area contributed by atoms with E-state index in [2.05, 4.69) is 21.3 Å². The Kier molecular flexibility index (Phi) is 10.5. The summed E-state index contributed by atoms with van der Waals surface area (Å²) in [5.74, 6) is -6.09. The smallest absolute Gasteiger partial charge is 0.262 e. The number of hydrogen-bond acceptors (Lipinski definition) is 11. The lowest BCUT2D eigenvalue weighted by Crippen LogP contribution is -2.54. The maximum absolute atomic E-state index is 13.2. The van der Waals surface area contributed by atoms with Gasteiger partial charge in [0.1, 0.15) is 12.1 Å². The van der Waals surface area contributed by atoms with Crippen molar-refractivity contribution in [3.8, 4) is 0 Å². The van der Waals surface area contributed by atoms with Crippen LogP contribution in [0.25, 0.3) is 12.2 Å². The van der Waals surface area contributed by atoms with Gasteiger partial charge in [0.05, 0.1) is 35.5 Å². The maximum atomic E-state index is 13.2. The Labute approximate surface area is 300 Å². The number of rotatable bonds is 12. The largest absolute Gasteiger partial charge is 0.378 e. The molecule has 4 aliphatic rings. The minimum atomic E-state index is -1.11. The molecule has 0 aromatic heterocycles. The first-order valence-electron chi connectivity index (χ1n) is 16.6. The van der Waals surface area contributed by atoms with E-state index < -0.39 is 71.2 Å². The van der Waals surface area contributed by atoms with Crippen LogP contribution in [0.1, 0.15) is 78.2 Å². The summed E-state index contributed by atoms with van der Waals surface area (Å²) in [7, 11) is 0. The van der Waals surface area contributed by atoms with Crippen molar-refractivity contribution in [2.24, 2.45) is 0 Å². The van der Waals surface area contributed by atoms with Crippen LogP contribution >= 0.6 is 0 Å². The third kappa shape index (κ3) is 7.41. The molecule has 2 saturated heterocycles. The van der Waals surface area contributed by atoms with Crippen LogP contribution < -0.4 is 21.3 Å². The Balaban J connectivity index is 0.926. The van der Waals surface area contributed by atoms with E-state index in [9.17, 15) is 47.9 Å². The molecule has 4 heterocycles. The maximum Gasteiger partial charge on any atom is 0.262 e. The number of fused-ring (bicyclic) bond motifs is 2. The van der Waals surface area contributed by atoms with Gasteiger partial charge >= 0.3 is 0 Å². The van der Waals surface area contributed by atoms with Gasteiger partial charge in [0.25, 0.3) is 23.6 Å². The lowest BCUT2D eigenvalue weighted by atomic mass is 10.0. The Morgan fingerprint density at radius 2 is 1.06 bits per heavy atom. The molecule has 4 N–H and O–H groups in total. The molecule has 17 heteroatoms. The summed E-state index contributed by atoms with van der Waals surface area (Å²) >= 11 is 0. The Hall–Kier alpha value is -6.62. The Bertz CT molecular complexity index is 1910. The van der Waals surface area contributed by atoms with E-state index in [4.69, 9.17) is 4.74 Å². The van der Waals surface area contributed by atoms with Gasteiger partial charge in [0.15, 0.2) is 0 Å². The number of ether oxygens (including phenoxy) is 1.